The first-order chi connectivity index (χ1) is 9.08. The molecule has 2 atom stereocenters. The molecule has 0 spiro atoms. The van der Waals surface area contributed by atoms with Gasteiger partial charge < -0.3 is 19.9 Å². The summed E-state index contributed by atoms with van der Waals surface area (Å²) in [7, 11) is 1.61. The minimum atomic E-state index is -0.883. The molecular weight excluding hydrogens is 314 g/mol. The van der Waals surface area contributed by atoms with Gasteiger partial charge in [-0.05, 0) is 25.0 Å². The van der Waals surface area contributed by atoms with Crippen molar-refractivity contribution in [3.8, 4) is 5.75 Å². The highest BCUT2D eigenvalue weighted by molar-refractivity contribution is 9.10. The normalized spacial score (nSPS) is 22.2. The van der Waals surface area contributed by atoms with Crippen LogP contribution in [0, 0.1) is 0 Å². The van der Waals surface area contributed by atoms with Gasteiger partial charge in [0.1, 0.15) is 5.75 Å². The van der Waals surface area contributed by atoms with Crippen LogP contribution in [0.4, 0.5) is 5.69 Å². The Bertz CT molecular complexity index is 466. The van der Waals surface area contributed by atoms with E-state index in [0.29, 0.717) is 13.0 Å². The van der Waals surface area contributed by atoms with E-state index in [9.17, 15) is 4.79 Å². The third kappa shape index (κ3) is 3.84. The standard InChI is InChI=1S/C13H16BrNO4/c1-18-11-5-8(14)4-9(6-11)15-7-10-2-3-12(19-10)13(16)17/h4-6,10,12,15H,2-3,7H2,1H3,(H,16,17). The van der Waals surface area contributed by atoms with Crippen molar-refractivity contribution < 1.29 is 19.4 Å². The molecule has 0 bridgehead atoms. The number of carboxylic acid groups (broad SMARTS) is 1. The van der Waals surface area contributed by atoms with Crippen LogP contribution in [0.1, 0.15) is 12.8 Å². The summed E-state index contributed by atoms with van der Waals surface area (Å²) < 4.78 is 11.5. The van der Waals surface area contributed by atoms with Gasteiger partial charge in [0.15, 0.2) is 6.10 Å². The van der Waals surface area contributed by atoms with E-state index >= 15 is 0 Å². The lowest BCUT2D eigenvalue weighted by atomic mass is 10.2. The quantitative estimate of drug-likeness (QED) is 0.868. The molecule has 5 nitrogen and oxygen atoms in total. The summed E-state index contributed by atoms with van der Waals surface area (Å²) in [6.45, 7) is 0.587. The molecule has 2 N–H and O–H groups in total. The number of carboxylic acids is 1. The molecule has 0 saturated carbocycles. The summed E-state index contributed by atoms with van der Waals surface area (Å²) >= 11 is 3.41. The molecule has 19 heavy (non-hydrogen) atoms. The van der Waals surface area contributed by atoms with Gasteiger partial charge in [0, 0.05) is 22.8 Å². The molecule has 2 unspecified atom stereocenters. The van der Waals surface area contributed by atoms with E-state index in [1.165, 1.54) is 0 Å². The summed E-state index contributed by atoms with van der Waals surface area (Å²) in [5.41, 5.74) is 0.911. The number of carbonyl (C=O) groups is 1. The molecule has 6 heteroatoms. The maximum Gasteiger partial charge on any atom is 0.332 e. The highest BCUT2D eigenvalue weighted by atomic mass is 79.9. The minimum absolute atomic E-state index is 0.0638. The fourth-order valence-corrected chi connectivity index (χ4v) is 2.52. The Kier molecular flexibility index (Phi) is 4.66. The first kappa shape index (κ1) is 14.1. The van der Waals surface area contributed by atoms with Gasteiger partial charge in [-0.1, -0.05) is 15.9 Å². The topological polar surface area (TPSA) is 67.8 Å². The summed E-state index contributed by atoms with van der Waals surface area (Å²) in [4.78, 5) is 10.8. The Morgan fingerprint density at radius 3 is 2.95 bits per heavy atom. The van der Waals surface area contributed by atoms with E-state index in [4.69, 9.17) is 14.6 Å². The third-order valence-corrected chi connectivity index (χ3v) is 3.48. The number of anilines is 1. The molecule has 1 fully saturated rings. The van der Waals surface area contributed by atoms with Crippen molar-refractivity contribution >= 4 is 27.6 Å². The highest BCUT2D eigenvalue weighted by Gasteiger charge is 2.30. The Morgan fingerprint density at radius 1 is 1.53 bits per heavy atom. The number of aliphatic carboxylic acids is 1. The van der Waals surface area contributed by atoms with Crippen LogP contribution in [0.3, 0.4) is 0 Å². The van der Waals surface area contributed by atoms with E-state index in [1.54, 1.807) is 7.11 Å². The van der Waals surface area contributed by atoms with E-state index in [1.807, 2.05) is 18.2 Å². The molecule has 104 valence electrons. The van der Waals surface area contributed by atoms with Crippen molar-refractivity contribution in [2.75, 3.05) is 19.0 Å². The summed E-state index contributed by atoms with van der Waals surface area (Å²) in [6.07, 6.45) is 0.605. The van der Waals surface area contributed by atoms with Crippen LogP contribution >= 0.6 is 15.9 Å². The summed E-state index contributed by atoms with van der Waals surface area (Å²) in [5.74, 6) is -0.126. The zero-order chi connectivity index (χ0) is 13.8. The summed E-state index contributed by atoms with van der Waals surface area (Å²) in [6, 6.07) is 5.69. The maximum absolute atomic E-state index is 10.8. The van der Waals surface area contributed by atoms with Crippen LogP contribution < -0.4 is 10.1 Å². The molecule has 1 heterocycles. The molecule has 1 aliphatic heterocycles. The van der Waals surface area contributed by atoms with Crippen molar-refractivity contribution in [3.05, 3.63) is 22.7 Å². The lowest BCUT2D eigenvalue weighted by Gasteiger charge is -2.14. The number of rotatable bonds is 5. The fraction of sp³-hybridized carbons (Fsp3) is 0.462. The molecule has 1 aliphatic rings. The molecule has 0 aromatic heterocycles. The van der Waals surface area contributed by atoms with Gasteiger partial charge in [0.25, 0.3) is 0 Å². The molecule has 0 radical (unpaired) electrons. The van der Waals surface area contributed by atoms with Gasteiger partial charge in [-0.2, -0.15) is 0 Å². The Hall–Kier alpha value is -1.27. The van der Waals surface area contributed by atoms with E-state index < -0.39 is 12.1 Å². The van der Waals surface area contributed by atoms with Crippen LogP contribution in [0.25, 0.3) is 0 Å². The average Bonchev–Trinajstić information content (AvgIpc) is 2.84. The van der Waals surface area contributed by atoms with Gasteiger partial charge >= 0.3 is 5.97 Å². The number of methoxy groups -OCH3 is 1. The van der Waals surface area contributed by atoms with Gasteiger partial charge in [-0.3, -0.25) is 0 Å². The van der Waals surface area contributed by atoms with Gasteiger partial charge in [-0.25, -0.2) is 4.79 Å². The van der Waals surface area contributed by atoms with E-state index in [-0.39, 0.29) is 6.10 Å². The Balaban J connectivity index is 1.89. The second-order valence-electron chi connectivity index (χ2n) is 4.42. The molecule has 0 amide bonds. The monoisotopic (exact) mass is 329 g/mol. The number of halogens is 1. The Morgan fingerprint density at radius 2 is 2.32 bits per heavy atom. The molecule has 1 aromatic rings. The Labute approximate surface area is 120 Å². The third-order valence-electron chi connectivity index (χ3n) is 3.02. The number of benzene rings is 1. The molecule has 1 aromatic carbocycles. The van der Waals surface area contributed by atoms with Crippen LogP contribution in [0.2, 0.25) is 0 Å². The van der Waals surface area contributed by atoms with Crippen molar-refractivity contribution in [1.82, 2.24) is 0 Å². The minimum Gasteiger partial charge on any atom is -0.497 e. The molecular formula is C13H16BrNO4. The van der Waals surface area contributed by atoms with Gasteiger partial charge in [-0.15, -0.1) is 0 Å². The van der Waals surface area contributed by atoms with E-state index in [0.717, 1.165) is 22.3 Å². The van der Waals surface area contributed by atoms with Crippen molar-refractivity contribution in [3.63, 3.8) is 0 Å². The molecule has 2 rings (SSSR count). The summed E-state index contributed by atoms with van der Waals surface area (Å²) in [5, 5.41) is 12.1. The number of hydrogen-bond acceptors (Lipinski definition) is 4. The van der Waals surface area contributed by atoms with Crippen molar-refractivity contribution in [2.45, 2.75) is 25.0 Å². The van der Waals surface area contributed by atoms with Gasteiger partial charge in [0.05, 0.1) is 13.2 Å². The predicted molar refractivity (Wildman–Crippen MR) is 74.7 cm³/mol. The lowest BCUT2D eigenvalue weighted by molar-refractivity contribution is -0.149. The van der Waals surface area contributed by atoms with Crippen LogP contribution in [-0.2, 0) is 9.53 Å². The zero-order valence-corrected chi connectivity index (χ0v) is 12.1. The first-order valence-corrected chi connectivity index (χ1v) is 6.84. The highest BCUT2D eigenvalue weighted by Crippen LogP contribution is 2.25. The second-order valence-corrected chi connectivity index (χ2v) is 5.34. The van der Waals surface area contributed by atoms with Crippen LogP contribution in [-0.4, -0.2) is 36.9 Å². The van der Waals surface area contributed by atoms with E-state index in [2.05, 4.69) is 21.2 Å². The smallest absolute Gasteiger partial charge is 0.332 e. The van der Waals surface area contributed by atoms with Gasteiger partial charge in [0.2, 0.25) is 0 Å². The second kappa shape index (κ2) is 6.25. The number of nitrogens with one attached hydrogen (secondary N) is 1. The lowest BCUT2D eigenvalue weighted by Crippen LogP contribution is -2.24. The van der Waals surface area contributed by atoms with Crippen LogP contribution in [0.5, 0.6) is 5.75 Å². The first-order valence-electron chi connectivity index (χ1n) is 6.05. The largest absolute Gasteiger partial charge is 0.497 e. The van der Waals surface area contributed by atoms with Crippen LogP contribution in [0.15, 0.2) is 22.7 Å². The average molecular weight is 330 g/mol. The fourth-order valence-electron chi connectivity index (χ4n) is 2.05. The number of ether oxygens (including phenoxy) is 2. The number of hydrogen-bond donors (Lipinski definition) is 2. The maximum atomic E-state index is 10.8. The zero-order valence-electron chi connectivity index (χ0n) is 10.6. The van der Waals surface area contributed by atoms with Crippen molar-refractivity contribution in [1.29, 1.82) is 0 Å². The predicted octanol–water partition coefficient (Wildman–Crippen LogP) is 2.50. The SMILES string of the molecule is COc1cc(Br)cc(NCC2CCC(C(=O)O)O2)c1. The molecule has 1 saturated heterocycles. The molecule has 0 aliphatic carbocycles. The van der Waals surface area contributed by atoms with Crippen molar-refractivity contribution in [2.24, 2.45) is 0 Å².